The van der Waals surface area contributed by atoms with Gasteiger partial charge in [0, 0.05) is 27.2 Å². The van der Waals surface area contributed by atoms with Crippen molar-refractivity contribution in [3.05, 3.63) is 43.3 Å². The zero-order chi connectivity index (χ0) is 13.1. The van der Waals surface area contributed by atoms with Crippen LogP contribution in [0.1, 0.15) is 45.6 Å². The van der Waals surface area contributed by atoms with Crippen molar-refractivity contribution in [2.45, 2.75) is 46.7 Å². The highest BCUT2D eigenvalue weighted by Crippen LogP contribution is 2.27. The predicted octanol–water partition coefficient (Wildman–Crippen LogP) is 4.84. The fraction of sp³-hybridized carbons (Fsp3) is 0.467. The Morgan fingerprint density at radius 3 is 2.72 bits per heavy atom. The molecule has 98 valence electrons. The molecule has 2 rings (SSSR count). The van der Waals surface area contributed by atoms with Gasteiger partial charge in [-0.25, -0.2) is 0 Å². The van der Waals surface area contributed by atoms with E-state index >= 15 is 0 Å². The van der Waals surface area contributed by atoms with Crippen LogP contribution in [-0.2, 0) is 13.0 Å². The Kier molecular flexibility index (Phi) is 4.60. The van der Waals surface area contributed by atoms with Gasteiger partial charge in [-0.1, -0.05) is 6.92 Å². The molecule has 0 bridgehead atoms. The summed E-state index contributed by atoms with van der Waals surface area (Å²) in [6.45, 7) is 9.86. The van der Waals surface area contributed by atoms with Crippen LogP contribution in [0.5, 0.6) is 0 Å². The lowest BCUT2D eigenvalue weighted by Crippen LogP contribution is -2.18. The Morgan fingerprint density at radius 1 is 1.33 bits per heavy atom. The van der Waals surface area contributed by atoms with Crippen LogP contribution in [-0.4, -0.2) is 0 Å². The highest BCUT2D eigenvalue weighted by Gasteiger charge is 2.11. The van der Waals surface area contributed by atoms with Crippen LogP contribution in [0.25, 0.3) is 0 Å². The summed E-state index contributed by atoms with van der Waals surface area (Å²) in [6, 6.07) is 4.99. The van der Waals surface area contributed by atoms with E-state index in [-0.39, 0.29) is 0 Å². The molecule has 1 N–H and O–H groups in total. The third-order valence-electron chi connectivity index (χ3n) is 3.33. The Morgan fingerprint density at radius 2 is 2.11 bits per heavy atom. The van der Waals surface area contributed by atoms with Crippen LogP contribution in [0.15, 0.2) is 17.5 Å². The number of rotatable bonds is 5. The number of hydrogen-bond acceptors (Lipinski definition) is 3. The first-order valence-electron chi connectivity index (χ1n) is 6.47. The molecule has 0 radical (unpaired) electrons. The van der Waals surface area contributed by atoms with Crippen LogP contribution in [0.3, 0.4) is 0 Å². The summed E-state index contributed by atoms with van der Waals surface area (Å²) in [4.78, 5) is 4.32. The summed E-state index contributed by atoms with van der Waals surface area (Å²) in [7, 11) is 0. The maximum atomic E-state index is 3.65. The molecule has 2 aromatic rings. The van der Waals surface area contributed by atoms with Gasteiger partial charge in [0.25, 0.3) is 0 Å². The van der Waals surface area contributed by atoms with Gasteiger partial charge in [0.05, 0.1) is 0 Å². The quantitative estimate of drug-likeness (QED) is 0.826. The van der Waals surface area contributed by atoms with E-state index in [2.05, 4.69) is 50.5 Å². The van der Waals surface area contributed by atoms with Gasteiger partial charge < -0.3 is 5.32 Å². The van der Waals surface area contributed by atoms with E-state index in [4.69, 9.17) is 0 Å². The van der Waals surface area contributed by atoms with Gasteiger partial charge in [-0.15, -0.1) is 22.7 Å². The third kappa shape index (κ3) is 3.02. The number of nitrogens with one attached hydrogen (secondary N) is 1. The highest BCUT2D eigenvalue weighted by atomic mass is 32.1. The summed E-state index contributed by atoms with van der Waals surface area (Å²) in [5.74, 6) is 0. The van der Waals surface area contributed by atoms with Gasteiger partial charge in [-0.05, 0) is 55.8 Å². The zero-order valence-electron chi connectivity index (χ0n) is 11.5. The molecule has 1 unspecified atom stereocenters. The second kappa shape index (κ2) is 6.00. The molecule has 18 heavy (non-hydrogen) atoms. The van der Waals surface area contributed by atoms with Gasteiger partial charge in [0.15, 0.2) is 0 Å². The largest absolute Gasteiger partial charge is 0.305 e. The SMILES string of the molecule is CCc1ccsc1CNC(C)c1cc(C)sc1C. The van der Waals surface area contributed by atoms with Crippen LogP contribution >= 0.6 is 22.7 Å². The maximum Gasteiger partial charge on any atom is 0.0308 e. The van der Waals surface area contributed by atoms with E-state index in [1.807, 2.05) is 22.7 Å². The molecule has 0 spiro atoms. The van der Waals surface area contributed by atoms with E-state index in [1.165, 1.54) is 25.8 Å². The molecule has 0 aliphatic heterocycles. The number of aryl methyl sites for hydroxylation is 3. The van der Waals surface area contributed by atoms with Crippen molar-refractivity contribution < 1.29 is 0 Å². The summed E-state index contributed by atoms with van der Waals surface area (Å²) >= 11 is 3.75. The fourth-order valence-corrected chi connectivity index (χ4v) is 4.22. The molecule has 1 atom stereocenters. The lowest BCUT2D eigenvalue weighted by Gasteiger charge is -2.14. The molecule has 2 heterocycles. The van der Waals surface area contributed by atoms with Crippen LogP contribution in [0.4, 0.5) is 0 Å². The van der Waals surface area contributed by atoms with Crippen molar-refractivity contribution in [3.8, 4) is 0 Å². The maximum absolute atomic E-state index is 3.65. The molecule has 0 amide bonds. The van der Waals surface area contributed by atoms with Gasteiger partial charge in [-0.3, -0.25) is 0 Å². The molecule has 1 nitrogen and oxygen atoms in total. The van der Waals surface area contributed by atoms with E-state index in [0.717, 1.165) is 13.0 Å². The summed E-state index contributed by atoms with van der Waals surface area (Å²) in [5, 5.41) is 5.84. The summed E-state index contributed by atoms with van der Waals surface area (Å²) in [5.41, 5.74) is 2.94. The molecule has 0 aliphatic rings. The molecule has 0 aromatic carbocycles. The molecular weight excluding hydrogens is 258 g/mol. The average Bonchev–Trinajstić information content (AvgIpc) is 2.92. The predicted molar refractivity (Wildman–Crippen MR) is 82.7 cm³/mol. The monoisotopic (exact) mass is 279 g/mol. The highest BCUT2D eigenvalue weighted by molar-refractivity contribution is 7.12. The van der Waals surface area contributed by atoms with E-state index < -0.39 is 0 Å². The van der Waals surface area contributed by atoms with Crippen LogP contribution in [0, 0.1) is 13.8 Å². The molecular formula is C15H21NS2. The Hall–Kier alpha value is -0.640. The topological polar surface area (TPSA) is 12.0 Å². The molecule has 0 saturated carbocycles. The summed E-state index contributed by atoms with van der Waals surface area (Å²) < 4.78 is 0. The van der Waals surface area contributed by atoms with Crippen molar-refractivity contribution in [2.75, 3.05) is 0 Å². The minimum absolute atomic E-state index is 0.432. The molecule has 2 aromatic heterocycles. The van der Waals surface area contributed by atoms with Crippen LogP contribution in [0.2, 0.25) is 0 Å². The lowest BCUT2D eigenvalue weighted by atomic mass is 10.1. The smallest absolute Gasteiger partial charge is 0.0308 e. The first-order chi connectivity index (χ1) is 8.61. The van der Waals surface area contributed by atoms with E-state index in [9.17, 15) is 0 Å². The third-order valence-corrected chi connectivity index (χ3v) is 5.28. The van der Waals surface area contributed by atoms with Gasteiger partial charge >= 0.3 is 0 Å². The van der Waals surface area contributed by atoms with Crippen molar-refractivity contribution in [1.29, 1.82) is 0 Å². The molecule has 0 saturated heterocycles. The van der Waals surface area contributed by atoms with Crippen LogP contribution < -0.4 is 5.32 Å². The fourth-order valence-electron chi connectivity index (χ4n) is 2.27. The van der Waals surface area contributed by atoms with Crippen molar-refractivity contribution in [2.24, 2.45) is 0 Å². The number of hydrogen-bond donors (Lipinski definition) is 1. The standard InChI is InChI=1S/C15H21NS2/c1-5-13-6-7-17-15(13)9-16-11(3)14-8-10(2)18-12(14)4/h6-8,11,16H,5,9H2,1-4H3. The van der Waals surface area contributed by atoms with E-state index in [0.29, 0.717) is 6.04 Å². The molecule has 0 fully saturated rings. The minimum Gasteiger partial charge on any atom is -0.305 e. The second-order valence-electron chi connectivity index (χ2n) is 4.69. The zero-order valence-corrected chi connectivity index (χ0v) is 13.2. The number of thiophene rings is 2. The normalized spacial score (nSPS) is 12.9. The second-order valence-corrected chi connectivity index (χ2v) is 7.15. The van der Waals surface area contributed by atoms with E-state index in [1.54, 1.807) is 0 Å². The Balaban J connectivity index is 2.00. The van der Waals surface area contributed by atoms with Crippen molar-refractivity contribution >= 4 is 22.7 Å². The van der Waals surface area contributed by atoms with Crippen molar-refractivity contribution in [3.63, 3.8) is 0 Å². The average molecular weight is 279 g/mol. The minimum atomic E-state index is 0.432. The molecule has 3 heteroatoms. The van der Waals surface area contributed by atoms with Gasteiger partial charge in [0.2, 0.25) is 0 Å². The first kappa shape index (κ1) is 13.8. The van der Waals surface area contributed by atoms with Gasteiger partial charge in [-0.2, -0.15) is 0 Å². The Labute approximate surface area is 118 Å². The first-order valence-corrected chi connectivity index (χ1v) is 8.17. The summed E-state index contributed by atoms with van der Waals surface area (Å²) in [6.07, 6.45) is 1.13. The molecule has 0 aliphatic carbocycles. The van der Waals surface area contributed by atoms with Gasteiger partial charge in [0.1, 0.15) is 0 Å². The lowest BCUT2D eigenvalue weighted by molar-refractivity contribution is 0.576. The van der Waals surface area contributed by atoms with Crippen molar-refractivity contribution in [1.82, 2.24) is 5.32 Å². The Bertz CT molecular complexity index is 510.